The lowest BCUT2D eigenvalue weighted by Gasteiger charge is -2.29. The van der Waals surface area contributed by atoms with Gasteiger partial charge in [-0.15, -0.1) is 0 Å². The van der Waals surface area contributed by atoms with E-state index >= 15 is 0 Å². The largest absolute Gasteiger partial charge is 0.446 e. The van der Waals surface area contributed by atoms with Crippen molar-refractivity contribution in [1.82, 2.24) is 16.0 Å². The topological polar surface area (TPSA) is 109 Å². The van der Waals surface area contributed by atoms with E-state index in [1.807, 2.05) is 19.9 Å². The van der Waals surface area contributed by atoms with Crippen LogP contribution < -0.4 is 16.0 Å². The Morgan fingerprint density at radius 3 is 2.45 bits per heavy atom. The van der Waals surface area contributed by atoms with E-state index in [9.17, 15) is 14.7 Å². The first-order valence-corrected chi connectivity index (χ1v) is 16.9. The summed E-state index contributed by atoms with van der Waals surface area (Å²) in [5.41, 5.74) is 3.50. The van der Waals surface area contributed by atoms with Crippen LogP contribution >= 0.6 is 11.8 Å². The number of thioether (sulfide) groups is 1. The summed E-state index contributed by atoms with van der Waals surface area (Å²) in [7, 11) is 0. The number of ether oxygens (including phenoxy) is 2. The van der Waals surface area contributed by atoms with Crippen molar-refractivity contribution in [2.75, 3.05) is 25.5 Å². The second-order valence-corrected chi connectivity index (χ2v) is 12.6. The molecule has 238 valence electrons. The molecular weight excluding hydrogens is 550 g/mol. The van der Waals surface area contributed by atoms with Gasteiger partial charge in [0.25, 0.3) is 0 Å². The first-order valence-electron chi connectivity index (χ1n) is 15.8. The van der Waals surface area contributed by atoms with Gasteiger partial charge in [0.2, 0.25) is 5.91 Å². The molecule has 3 atom stereocenters. The van der Waals surface area contributed by atoms with Gasteiger partial charge >= 0.3 is 6.09 Å². The van der Waals surface area contributed by atoms with Crippen LogP contribution in [0.3, 0.4) is 0 Å². The number of benzene rings is 1. The average Bonchev–Trinajstić information content (AvgIpc) is 2.99. The minimum absolute atomic E-state index is 0.209. The number of aliphatic hydroxyl groups excluding tert-OH is 1. The third-order valence-corrected chi connectivity index (χ3v) is 9.15. The predicted molar refractivity (Wildman–Crippen MR) is 173 cm³/mol. The Hall–Kier alpha value is -2.07. The van der Waals surface area contributed by atoms with Crippen LogP contribution in [0.25, 0.3) is 0 Å². The van der Waals surface area contributed by atoms with Crippen molar-refractivity contribution in [2.24, 2.45) is 0 Å². The van der Waals surface area contributed by atoms with E-state index in [1.165, 1.54) is 5.56 Å². The Labute approximate surface area is 258 Å². The lowest BCUT2D eigenvalue weighted by Crippen LogP contribution is -2.55. The summed E-state index contributed by atoms with van der Waals surface area (Å²) in [4.78, 5) is 26.5. The lowest BCUT2D eigenvalue weighted by molar-refractivity contribution is -0.124. The molecule has 4 N–H and O–H groups in total. The number of hydrogen-bond donors (Lipinski definition) is 4. The van der Waals surface area contributed by atoms with Crippen molar-refractivity contribution in [2.45, 2.75) is 122 Å². The van der Waals surface area contributed by atoms with E-state index in [1.54, 1.807) is 11.8 Å². The highest BCUT2D eigenvalue weighted by Crippen LogP contribution is 2.23. The van der Waals surface area contributed by atoms with Gasteiger partial charge in [0.15, 0.2) is 0 Å². The van der Waals surface area contributed by atoms with Gasteiger partial charge in [-0.05, 0) is 50.7 Å². The second kappa shape index (κ2) is 20.8. The molecule has 1 fully saturated rings. The number of aliphatic hydroxyl groups is 1. The van der Waals surface area contributed by atoms with E-state index in [-0.39, 0.29) is 12.0 Å². The molecule has 0 aromatic heterocycles. The molecule has 1 saturated heterocycles. The fraction of sp³-hybridized carbons (Fsp3) is 0.697. The van der Waals surface area contributed by atoms with Gasteiger partial charge in [-0.2, -0.15) is 11.8 Å². The maximum atomic E-state index is 13.7. The van der Waals surface area contributed by atoms with Gasteiger partial charge in [0.1, 0.15) is 12.1 Å². The van der Waals surface area contributed by atoms with Crippen molar-refractivity contribution < 1.29 is 24.2 Å². The third kappa shape index (κ3) is 13.9. The molecule has 1 aromatic rings. The number of hydrogen-bond acceptors (Lipinski definition) is 7. The summed E-state index contributed by atoms with van der Waals surface area (Å²) in [6.45, 7) is 12.5. The number of carbonyl (C=O) groups is 2. The molecule has 0 spiro atoms. The molecule has 0 bridgehead atoms. The van der Waals surface area contributed by atoms with Crippen LogP contribution in [0.15, 0.2) is 35.9 Å². The van der Waals surface area contributed by atoms with Crippen molar-refractivity contribution in [3.8, 4) is 0 Å². The quantitative estimate of drug-likeness (QED) is 0.154. The molecule has 9 heteroatoms. The molecule has 0 aliphatic carbocycles. The molecule has 0 radical (unpaired) electrons. The SMILES string of the molecule is C/C=C(\C)CC(NC(=O)C(CSC(CCC)CCC)NC(=O)OC1CCOCC1)C(O)CNCc1cccc(CC)c1. The summed E-state index contributed by atoms with van der Waals surface area (Å²) in [6, 6.07) is 7.11. The lowest BCUT2D eigenvalue weighted by atomic mass is 10.0. The van der Waals surface area contributed by atoms with E-state index in [0.717, 1.165) is 43.2 Å². The van der Waals surface area contributed by atoms with E-state index in [2.05, 4.69) is 61.0 Å². The minimum atomic E-state index is -0.811. The van der Waals surface area contributed by atoms with Crippen molar-refractivity contribution >= 4 is 23.8 Å². The van der Waals surface area contributed by atoms with Gasteiger partial charge < -0.3 is 30.5 Å². The molecule has 2 rings (SSSR count). The number of amides is 2. The Balaban J connectivity index is 2.09. The van der Waals surface area contributed by atoms with Gasteiger partial charge in [0, 0.05) is 36.9 Å². The molecule has 8 nitrogen and oxygen atoms in total. The van der Waals surface area contributed by atoms with Crippen LogP contribution in [-0.4, -0.2) is 72.2 Å². The molecule has 0 saturated carbocycles. The molecular formula is C33H55N3O5S. The fourth-order valence-electron chi connectivity index (χ4n) is 4.99. The van der Waals surface area contributed by atoms with Crippen LogP contribution in [0.5, 0.6) is 0 Å². The Morgan fingerprint density at radius 1 is 1.12 bits per heavy atom. The number of allylic oxidation sites excluding steroid dienone is 1. The molecule has 1 aromatic carbocycles. The van der Waals surface area contributed by atoms with Crippen LogP contribution in [0.1, 0.15) is 90.7 Å². The maximum absolute atomic E-state index is 13.7. The fourth-order valence-corrected chi connectivity index (χ4v) is 6.49. The zero-order chi connectivity index (χ0) is 30.7. The molecule has 2 amide bonds. The summed E-state index contributed by atoms with van der Waals surface area (Å²) in [5.74, 6) is 0.137. The highest BCUT2D eigenvalue weighted by Gasteiger charge is 2.29. The number of rotatable bonds is 19. The smallest absolute Gasteiger partial charge is 0.408 e. The zero-order valence-corrected chi connectivity index (χ0v) is 27.3. The molecule has 3 unspecified atom stereocenters. The molecule has 1 heterocycles. The van der Waals surface area contributed by atoms with Crippen LogP contribution in [0, 0.1) is 0 Å². The van der Waals surface area contributed by atoms with Crippen molar-refractivity contribution in [1.29, 1.82) is 0 Å². The van der Waals surface area contributed by atoms with Gasteiger partial charge in [-0.3, -0.25) is 4.79 Å². The minimum Gasteiger partial charge on any atom is -0.446 e. The number of carbonyl (C=O) groups excluding carboxylic acids is 2. The summed E-state index contributed by atoms with van der Waals surface area (Å²) < 4.78 is 11.0. The van der Waals surface area contributed by atoms with Gasteiger partial charge in [-0.1, -0.05) is 69.5 Å². The molecule has 1 aliphatic heterocycles. The first-order chi connectivity index (χ1) is 20.3. The van der Waals surface area contributed by atoms with E-state index in [0.29, 0.717) is 56.6 Å². The van der Waals surface area contributed by atoms with Crippen LogP contribution in [0.2, 0.25) is 0 Å². The van der Waals surface area contributed by atoms with Crippen LogP contribution in [0.4, 0.5) is 4.79 Å². The maximum Gasteiger partial charge on any atom is 0.408 e. The first kappa shape index (κ1) is 36.1. The molecule has 1 aliphatic rings. The second-order valence-electron chi connectivity index (χ2n) is 11.3. The van der Waals surface area contributed by atoms with Crippen molar-refractivity contribution in [3.63, 3.8) is 0 Å². The summed E-state index contributed by atoms with van der Waals surface area (Å²) in [6.07, 6.45) is 7.45. The number of nitrogens with one attached hydrogen (secondary N) is 3. The standard InChI is InChI=1S/C33H55N3O5S/c1-6-11-28(12-7-2)42-23-30(36-33(39)41-27-15-17-40-18-16-27)32(38)35-29(19-24(5)8-3)31(37)22-34-21-26-14-10-13-25(9-4)20-26/h8,10,13-14,20,27-31,34,37H,6-7,9,11-12,15-19,21-23H2,1-5H3,(H,35,38)(H,36,39)/b24-8+. The van der Waals surface area contributed by atoms with Crippen molar-refractivity contribution in [3.05, 3.63) is 47.0 Å². The highest BCUT2D eigenvalue weighted by molar-refractivity contribution is 7.99. The third-order valence-electron chi connectivity index (χ3n) is 7.68. The monoisotopic (exact) mass is 605 g/mol. The normalized spacial score (nSPS) is 16.6. The Bertz CT molecular complexity index is 947. The van der Waals surface area contributed by atoms with Gasteiger partial charge in [0.05, 0.1) is 25.4 Å². The Kier molecular flexibility index (Phi) is 17.9. The number of aryl methyl sites for hydroxylation is 1. The zero-order valence-electron chi connectivity index (χ0n) is 26.5. The van der Waals surface area contributed by atoms with E-state index in [4.69, 9.17) is 9.47 Å². The Morgan fingerprint density at radius 2 is 1.81 bits per heavy atom. The van der Waals surface area contributed by atoms with E-state index < -0.39 is 24.3 Å². The molecule has 42 heavy (non-hydrogen) atoms. The summed E-state index contributed by atoms with van der Waals surface area (Å²) in [5, 5.41) is 20.9. The summed E-state index contributed by atoms with van der Waals surface area (Å²) >= 11 is 1.73. The van der Waals surface area contributed by atoms with Gasteiger partial charge in [-0.25, -0.2) is 4.79 Å². The van der Waals surface area contributed by atoms with Crippen LogP contribution in [-0.2, 0) is 27.2 Å². The average molecular weight is 606 g/mol. The predicted octanol–water partition coefficient (Wildman–Crippen LogP) is 5.52. The number of alkyl carbamates (subject to hydrolysis) is 1. The highest BCUT2D eigenvalue weighted by atomic mass is 32.2.